The molecule has 2 heterocycles. The number of hydrogen-bond donors (Lipinski definition) is 1. The van der Waals surface area contributed by atoms with Crippen LogP contribution in [0.5, 0.6) is 0 Å². The van der Waals surface area contributed by atoms with Crippen LogP contribution < -0.4 is 5.32 Å². The van der Waals surface area contributed by atoms with Crippen LogP contribution in [0.15, 0.2) is 67.1 Å². The molecule has 0 amide bonds. The van der Waals surface area contributed by atoms with E-state index in [-0.39, 0.29) is 6.04 Å². The number of anilines is 1. The Balaban J connectivity index is 1.72. The zero-order valence-electron chi connectivity index (χ0n) is 11.3. The van der Waals surface area contributed by atoms with E-state index in [1.807, 2.05) is 53.5 Å². The van der Waals surface area contributed by atoms with E-state index in [1.54, 1.807) is 6.20 Å². The summed E-state index contributed by atoms with van der Waals surface area (Å²) in [4.78, 5) is 4.36. The van der Waals surface area contributed by atoms with Gasteiger partial charge in [-0.25, -0.2) is 4.68 Å². The first-order valence-corrected chi connectivity index (χ1v) is 6.60. The van der Waals surface area contributed by atoms with Crippen molar-refractivity contribution in [2.45, 2.75) is 13.0 Å². The number of rotatable bonds is 4. The van der Waals surface area contributed by atoms with Crippen molar-refractivity contribution < 1.29 is 0 Å². The van der Waals surface area contributed by atoms with Gasteiger partial charge in [-0.15, -0.1) is 0 Å². The lowest BCUT2D eigenvalue weighted by atomic mass is 10.2. The number of nitrogens with one attached hydrogen (secondary N) is 1. The van der Waals surface area contributed by atoms with Crippen molar-refractivity contribution in [2.75, 3.05) is 5.32 Å². The standard InChI is InChI=1S/C16H16N4/c1-13(16-5-2-3-10-17-16)19-14-6-8-15(9-7-14)20-12-4-11-18-20/h2-13,19H,1H3. The summed E-state index contributed by atoms with van der Waals surface area (Å²) in [7, 11) is 0. The van der Waals surface area contributed by atoms with Gasteiger partial charge in [-0.05, 0) is 49.4 Å². The van der Waals surface area contributed by atoms with Crippen LogP contribution in [0.2, 0.25) is 0 Å². The predicted octanol–water partition coefficient (Wildman–Crippen LogP) is 3.44. The number of hydrogen-bond acceptors (Lipinski definition) is 3. The molecule has 0 saturated carbocycles. The van der Waals surface area contributed by atoms with E-state index in [2.05, 4.69) is 34.5 Å². The van der Waals surface area contributed by atoms with Gasteiger partial charge in [0, 0.05) is 24.3 Å². The summed E-state index contributed by atoms with van der Waals surface area (Å²) >= 11 is 0. The molecule has 0 saturated heterocycles. The highest BCUT2D eigenvalue weighted by molar-refractivity contribution is 5.49. The average Bonchev–Trinajstić information content (AvgIpc) is 3.03. The van der Waals surface area contributed by atoms with Crippen LogP contribution in [0.25, 0.3) is 5.69 Å². The van der Waals surface area contributed by atoms with Crippen LogP contribution in [0.3, 0.4) is 0 Å². The average molecular weight is 264 g/mol. The SMILES string of the molecule is CC(Nc1ccc(-n2cccn2)cc1)c1ccccn1. The van der Waals surface area contributed by atoms with Gasteiger partial charge in [0.1, 0.15) is 0 Å². The monoisotopic (exact) mass is 264 g/mol. The Morgan fingerprint density at radius 3 is 2.50 bits per heavy atom. The second-order valence-electron chi connectivity index (χ2n) is 4.62. The summed E-state index contributed by atoms with van der Waals surface area (Å²) in [6, 6.07) is 16.2. The van der Waals surface area contributed by atoms with Crippen molar-refractivity contribution in [3.63, 3.8) is 0 Å². The highest BCUT2D eigenvalue weighted by Gasteiger charge is 2.05. The van der Waals surface area contributed by atoms with Gasteiger partial charge in [0.2, 0.25) is 0 Å². The van der Waals surface area contributed by atoms with Crippen LogP contribution in [-0.2, 0) is 0 Å². The molecule has 3 aromatic rings. The minimum absolute atomic E-state index is 0.173. The van der Waals surface area contributed by atoms with Crippen molar-refractivity contribution in [2.24, 2.45) is 0 Å². The Labute approximate surface area is 118 Å². The molecule has 1 N–H and O–H groups in total. The van der Waals surface area contributed by atoms with Gasteiger partial charge in [-0.2, -0.15) is 5.10 Å². The largest absolute Gasteiger partial charge is 0.377 e. The molecule has 0 radical (unpaired) electrons. The molecule has 0 bridgehead atoms. The smallest absolute Gasteiger partial charge is 0.0657 e. The van der Waals surface area contributed by atoms with Crippen molar-refractivity contribution in [1.82, 2.24) is 14.8 Å². The highest BCUT2D eigenvalue weighted by Crippen LogP contribution is 2.18. The van der Waals surface area contributed by atoms with E-state index < -0.39 is 0 Å². The van der Waals surface area contributed by atoms with E-state index in [4.69, 9.17) is 0 Å². The normalized spacial score (nSPS) is 12.1. The summed E-state index contributed by atoms with van der Waals surface area (Å²) in [6.45, 7) is 2.10. The topological polar surface area (TPSA) is 42.7 Å². The number of aromatic nitrogens is 3. The molecule has 1 aromatic carbocycles. The van der Waals surface area contributed by atoms with E-state index in [0.717, 1.165) is 17.1 Å². The van der Waals surface area contributed by atoms with Gasteiger partial charge in [0.25, 0.3) is 0 Å². The van der Waals surface area contributed by atoms with Crippen molar-refractivity contribution >= 4 is 5.69 Å². The summed E-state index contributed by atoms with van der Waals surface area (Å²) < 4.78 is 1.84. The summed E-state index contributed by atoms with van der Waals surface area (Å²) in [5.41, 5.74) is 3.15. The Morgan fingerprint density at radius 2 is 1.85 bits per heavy atom. The fourth-order valence-electron chi connectivity index (χ4n) is 2.09. The molecule has 0 aliphatic heterocycles. The second-order valence-corrected chi connectivity index (χ2v) is 4.62. The van der Waals surface area contributed by atoms with E-state index in [1.165, 1.54) is 0 Å². The molecular weight excluding hydrogens is 248 g/mol. The summed E-state index contributed by atoms with van der Waals surface area (Å²) in [5.74, 6) is 0. The zero-order valence-corrected chi connectivity index (χ0v) is 11.3. The Hall–Kier alpha value is -2.62. The maximum absolute atomic E-state index is 4.36. The summed E-state index contributed by atoms with van der Waals surface area (Å²) in [5, 5.41) is 7.65. The Bertz CT molecular complexity index is 645. The highest BCUT2D eigenvalue weighted by atomic mass is 15.3. The molecule has 0 fully saturated rings. The molecule has 2 aromatic heterocycles. The molecule has 20 heavy (non-hydrogen) atoms. The quantitative estimate of drug-likeness (QED) is 0.785. The third-order valence-electron chi connectivity index (χ3n) is 3.15. The first-order valence-electron chi connectivity index (χ1n) is 6.60. The molecule has 0 spiro atoms. The second kappa shape index (κ2) is 5.57. The Morgan fingerprint density at radius 1 is 1.00 bits per heavy atom. The van der Waals surface area contributed by atoms with Crippen LogP contribution >= 0.6 is 0 Å². The van der Waals surface area contributed by atoms with Gasteiger partial charge in [0.05, 0.1) is 17.4 Å². The molecule has 0 aliphatic carbocycles. The maximum atomic E-state index is 4.36. The number of nitrogens with zero attached hydrogens (tertiary/aromatic N) is 3. The molecule has 1 atom stereocenters. The molecule has 3 rings (SSSR count). The van der Waals surface area contributed by atoms with Crippen molar-refractivity contribution in [3.05, 3.63) is 72.8 Å². The third-order valence-corrected chi connectivity index (χ3v) is 3.15. The van der Waals surface area contributed by atoms with Crippen LogP contribution in [-0.4, -0.2) is 14.8 Å². The zero-order chi connectivity index (χ0) is 13.8. The Kier molecular flexibility index (Phi) is 3.46. The van der Waals surface area contributed by atoms with E-state index >= 15 is 0 Å². The molecule has 100 valence electrons. The third kappa shape index (κ3) is 2.69. The van der Waals surface area contributed by atoms with Crippen molar-refractivity contribution in [3.8, 4) is 5.69 Å². The van der Waals surface area contributed by atoms with Gasteiger partial charge in [0.15, 0.2) is 0 Å². The fraction of sp³-hybridized carbons (Fsp3) is 0.125. The van der Waals surface area contributed by atoms with E-state index in [0.29, 0.717) is 0 Å². The molecule has 4 heteroatoms. The lowest BCUT2D eigenvalue weighted by molar-refractivity contribution is 0.838. The van der Waals surface area contributed by atoms with E-state index in [9.17, 15) is 0 Å². The number of benzene rings is 1. The fourth-order valence-corrected chi connectivity index (χ4v) is 2.09. The minimum atomic E-state index is 0.173. The minimum Gasteiger partial charge on any atom is -0.377 e. The van der Waals surface area contributed by atoms with Crippen LogP contribution in [0.4, 0.5) is 5.69 Å². The first kappa shape index (κ1) is 12.4. The van der Waals surface area contributed by atoms with Gasteiger partial charge in [-0.3, -0.25) is 4.98 Å². The molecule has 1 unspecified atom stereocenters. The van der Waals surface area contributed by atoms with Gasteiger partial charge >= 0.3 is 0 Å². The van der Waals surface area contributed by atoms with Crippen LogP contribution in [0.1, 0.15) is 18.7 Å². The van der Waals surface area contributed by atoms with Crippen molar-refractivity contribution in [1.29, 1.82) is 0 Å². The van der Waals surface area contributed by atoms with Crippen LogP contribution in [0, 0.1) is 0 Å². The van der Waals surface area contributed by atoms with Gasteiger partial charge < -0.3 is 5.32 Å². The summed E-state index contributed by atoms with van der Waals surface area (Å²) in [6.07, 6.45) is 5.52. The lowest BCUT2D eigenvalue weighted by Gasteiger charge is -2.15. The lowest BCUT2D eigenvalue weighted by Crippen LogP contribution is -2.08. The molecule has 0 aliphatic rings. The van der Waals surface area contributed by atoms with Gasteiger partial charge in [-0.1, -0.05) is 6.07 Å². The number of pyridine rings is 1. The maximum Gasteiger partial charge on any atom is 0.0657 e. The molecule has 4 nitrogen and oxygen atoms in total. The first-order chi connectivity index (χ1) is 9.83. The molecular formula is C16H16N4. The predicted molar refractivity (Wildman–Crippen MR) is 79.8 cm³/mol.